The van der Waals surface area contributed by atoms with Crippen molar-refractivity contribution in [3.63, 3.8) is 0 Å². The van der Waals surface area contributed by atoms with E-state index >= 15 is 0 Å². The molecule has 2 rings (SSSR count). The maximum Gasteiger partial charge on any atom is 0.308 e. The number of carbonyl (C=O) groups excluding carboxylic acids is 1. The van der Waals surface area contributed by atoms with Gasteiger partial charge in [-0.05, 0) is 25.0 Å². The quantitative estimate of drug-likeness (QED) is 0.806. The lowest BCUT2D eigenvalue weighted by Crippen LogP contribution is -2.39. The Bertz CT molecular complexity index is 474. The number of piperidine rings is 1. The van der Waals surface area contributed by atoms with Crippen molar-refractivity contribution in [3.8, 4) is 0 Å². The third kappa shape index (κ3) is 2.98. The first-order chi connectivity index (χ1) is 9.11. The molecular formula is C12H16N4O3. The summed E-state index contributed by atoms with van der Waals surface area (Å²) in [6.07, 6.45) is 1.51. The number of aliphatic carboxylic acids is 1. The smallest absolute Gasteiger partial charge is 0.308 e. The van der Waals surface area contributed by atoms with Crippen molar-refractivity contribution in [1.82, 2.24) is 15.5 Å². The summed E-state index contributed by atoms with van der Waals surface area (Å²) in [5.41, 5.74) is 0.248. The van der Waals surface area contributed by atoms with Gasteiger partial charge in [0.1, 0.15) is 0 Å². The average molecular weight is 264 g/mol. The Hall–Kier alpha value is -2.18. The number of carboxylic acid groups (broad SMARTS) is 1. The Morgan fingerprint density at radius 2 is 2.21 bits per heavy atom. The highest BCUT2D eigenvalue weighted by molar-refractivity contribution is 5.91. The number of anilines is 1. The maximum absolute atomic E-state index is 11.3. The molecule has 1 fully saturated rings. The molecular weight excluding hydrogens is 248 g/mol. The van der Waals surface area contributed by atoms with Crippen LogP contribution in [0, 0.1) is 5.92 Å². The van der Waals surface area contributed by atoms with Crippen LogP contribution in [0.2, 0.25) is 0 Å². The van der Waals surface area contributed by atoms with Crippen LogP contribution in [0.3, 0.4) is 0 Å². The number of nitrogens with zero attached hydrogens (tertiary/aromatic N) is 3. The number of rotatable bonds is 3. The molecule has 1 unspecified atom stereocenters. The van der Waals surface area contributed by atoms with E-state index < -0.39 is 5.97 Å². The lowest BCUT2D eigenvalue weighted by Gasteiger charge is -2.31. The van der Waals surface area contributed by atoms with Gasteiger partial charge in [-0.25, -0.2) is 0 Å². The van der Waals surface area contributed by atoms with Crippen molar-refractivity contribution >= 4 is 17.7 Å². The van der Waals surface area contributed by atoms with Crippen LogP contribution in [0.4, 0.5) is 5.82 Å². The molecule has 19 heavy (non-hydrogen) atoms. The summed E-state index contributed by atoms with van der Waals surface area (Å²) in [6.45, 7) is 1.20. The fourth-order valence-electron chi connectivity index (χ4n) is 2.13. The van der Waals surface area contributed by atoms with Crippen molar-refractivity contribution < 1.29 is 14.7 Å². The average Bonchev–Trinajstić information content (AvgIpc) is 2.46. The Balaban J connectivity index is 2.09. The highest BCUT2D eigenvalue weighted by atomic mass is 16.4. The maximum atomic E-state index is 11.3. The fraction of sp³-hybridized carbons (Fsp3) is 0.500. The number of aromatic nitrogens is 2. The van der Waals surface area contributed by atoms with Crippen molar-refractivity contribution in [3.05, 3.63) is 17.8 Å². The molecule has 7 heteroatoms. The molecule has 1 amide bonds. The normalized spacial score (nSPS) is 19.0. The number of nitrogens with one attached hydrogen (secondary N) is 1. The largest absolute Gasteiger partial charge is 0.481 e. The third-order valence-electron chi connectivity index (χ3n) is 3.20. The Morgan fingerprint density at radius 3 is 2.79 bits per heavy atom. The van der Waals surface area contributed by atoms with Crippen molar-refractivity contribution in [1.29, 1.82) is 0 Å². The summed E-state index contributed by atoms with van der Waals surface area (Å²) < 4.78 is 0. The summed E-state index contributed by atoms with van der Waals surface area (Å²) in [7, 11) is 1.53. The van der Waals surface area contributed by atoms with Crippen LogP contribution >= 0.6 is 0 Å². The van der Waals surface area contributed by atoms with Gasteiger partial charge in [-0.2, -0.15) is 0 Å². The van der Waals surface area contributed by atoms with Crippen LogP contribution in [-0.2, 0) is 4.79 Å². The van der Waals surface area contributed by atoms with E-state index in [-0.39, 0.29) is 17.5 Å². The molecule has 1 aromatic rings. The number of carboxylic acids is 1. The van der Waals surface area contributed by atoms with Gasteiger partial charge in [0, 0.05) is 20.1 Å². The molecule has 2 N–H and O–H groups in total. The monoisotopic (exact) mass is 264 g/mol. The summed E-state index contributed by atoms with van der Waals surface area (Å²) in [6, 6.07) is 3.29. The van der Waals surface area contributed by atoms with Crippen LogP contribution < -0.4 is 10.2 Å². The first kappa shape index (κ1) is 13.3. The Labute approximate surface area is 110 Å². The molecule has 0 radical (unpaired) electrons. The number of hydrogen-bond donors (Lipinski definition) is 2. The zero-order valence-electron chi connectivity index (χ0n) is 10.7. The van der Waals surface area contributed by atoms with E-state index in [4.69, 9.17) is 5.11 Å². The number of carbonyl (C=O) groups is 2. The summed E-state index contributed by atoms with van der Waals surface area (Å²) in [4.78, 5) is 24.2. The van der Waals surface area contributed by atoms with E-state index in [0.717, 1.165) is 13.0 Å². The van der Waals surface area contributed by atoms with Gasteiger partial charge in [0.05, 0.1) is 5.92 Å². The molecule has 102 valence electrons. The fourth-order valence-corrected chi connectivity index (χ4v) is 2.13. The van der Waals surface area contributed by atoms with Crippen molar-refractivity contribution in [2.75, 3.05) is 25.0 Å². The van der Waals surface area contributed by atoms with E-state index in [1.807, 2.05) is 4.90 Å². The summed E-state index contributed by atoms with van der Waals surface area (Å²) in [5, 5.41) is 19.3. The van der Waals surface area contributed by atoms with Gasteiger partial charge in [-0.1, -0.05) is 0 Å². The van der Waals surface area contributed by atoms with Gasteiger partial charge in [-0.3, -0.25) is 9.59 Å². The minimum atomic E-state index is -0.778. The van der Waals surface area contributed by atoms with Gasteiger partial charge < -0.3 is 15.3 Å². The molecule has 0 aromatic carbocycles. The zero-order chi connectivity index (χ0) is 13.8. The second-order valence-corrected chi connectivity index (χ2v) is 4.48. The molecule has 1 atom stereocenters. The predicted octanol–water partition coefficient (Wildman–Crippen LogP) is 0.137. The van der Waals surface area contributed by atoms with Crippen LogP contribution in [0.15, 0.2) is 12.1 Å². The molecule has 1 aromatic heterocycles. The molecule has 0 saturated carbocycles. The Morgan fingerprint density at radius 1 is 1.42 bits per heavy atom. The summed E-state index contributed by atoms with van der Waals surface area (Å²) >= 11 is 0. The predicted molar refractivity (Wildman–Crippen MR) is 68.0 cm³/mol. The lowest BCUT2D eigenvalue weighted by molar-refractivity contribution is -0.141. The van der Waals surface area contributed by atoms with Gasteiger partial charge in [0.15, 0.2) is 11.5 Å². The van der Waals surface area contributed by atoms with E-state index in [2.05, 4.69) is 15.5 Å². The van der Waals surface area contributed by atoms with Gasteiger partial charge in [0.2, 0.25) is 0 Å². The SMILES string of the molecule is CNC(=O)c1ccc(N2CCCC(C(=O)O)C2)nn1. The van der Waals surface area contributed by atoms with E-state index in [1.165, 1.54) is 7.05 Å². The minimum Gasteiger partial charge on any atom is -0.481 e. The van der Waals surface area contributed by atoms with Crippen LogP contribution in [0.1, 0.15) is 23.3 Å². The molecule has 1 aliphatic rings. The van der Waals surface area contributed by atoms with E-state index in [9.17, 15) is 9.59 Å². The van der Waals surface area contributed by atoms with Crippen LogP contribution in [0.25, 0.3) is 0 Å². The molecule has 2 heterocycles. The molecule has 0 bridgehead atoms. The second-order valence-electron chi connectivity index (χ2n) is 4.48. The third-order valence-corrected chi connectivity index (χ3v) is 3.20. The molecule has 0 aliphatic carbocycles. The van der Waals surface area contributed by atoms with Gasteiger partial charge in [-0.15, -0.1) is 10.2 Å². The summed E-state index contributed by atoms with van der Waals surface area (Å²) in [5.74, 6) is -0.825. The highest BCUT2D eigenvalue weighted by Crippen LogP contribution is 2.21. The van der Waals surface area contributed by atoms with Gasteiger partial charge >= 0.3 is 5.97 Å². The zero-order valence-corrected chi connectivity index (χ0v) is 10.7. The second kappa shape index (κ2) is 5.64. The first-order valence-corrected chi connectivity index (χ1v) is 6.15. The molecule has 1 saturated heterocycles. The molecule has 0 spiro atoms. The molecule has 1 aliphatic heterocycles. The van der Waals surface area contributed by atoms with Gasteiger partial charge in [0.25, 0.3) is 5.91 Å². The number of hydrogen-bond acceptors (Lipinski definition) is 5. The highest BCUT2D eigenvalue weighted by Gasteiger charge is 2.26. The van der Waals surface area contributed by atoms with Crippen LogP contribution in [-0.4, -0.2) is 47.3 Å². The minimum absolute atomic E-state index is 0.248. The van der Waals surface area contributed by atoms with Crippen LogP contribution in [0.5, 0.6) is 0 Å². The van der Waals surface area contributed by atoms with Crippen molar-refractivity contribution in [2.45, 2.75) is 12.8 Å². The topological polar surface area (TPSA) is 95.4 Å². The Kier molecular flexibility index (Phi) is 3.94. The van der Waals surface area contributed by atoms with Crippen molar-refractivity contribution in [2.24, 2.45) is 5.92 Å². The molecule has 7 nitrogen and oxygen atoms in total. The first-order valence-electron chi connectivity index (χ1n) is 6.15. The van der Waals surface area contributed by atoms with E-state index in [1.54, 1.807) is 12.1 Å². The standard InChI is InChI=1S/C12H16N4O3/c1-13-11(17)9-4-5-10(15-14-9)16-6-2-3-8(7-16)12(18)19/h4-5,8H,2-3,6-7H2,1H3,(H,13,17)(H,18,19). The number of amides is 1. The lowest BCUT2D eigenvalue weighted by atomic mass is 9.98. The van der Waals surface area contributed by atoms with E-state index in [0.29, 0.717) is 18.8 Å².